The molecule has 0 fully saturated rings. The van der Waals surface area contributed by atoms with Gasteiger partial charge in [0, 0.05) is 12.8 Å². The number of amides is 1. The fourth-order valence-corrected chi connectivity index (χ4v) is 12.6. The zero-order valence-electron chi connectivity index (χ0n) is 57.9. The van der Waals surface area contributed by atoms with Gasteiger partial charge in [-0.2, -0.15) is 0 Å². The minimum Gasteiger partial charge on any atom is -0.466 e. The first-order valence-electron chi connectivity index (χ1n) is 39.1. The molecule has 0 heterocycles. The molecule has 0 aromatic carbocycles. The minimum absolute atomic E-state index is 0.0167. The fraction of sp³-hybridized carbons (Fsp3) is 0.924. The lowest BCUT2D eigenvalue weighted by Gasteiger charge is -2.22. The van der Waals surface area contributed by atoms with E-state index < -0.39 is 12.1 Å². The summed E-state index contributed by atoms with van der Waals surface area (Å²) in [4.78, 5) is 24.6. The summed E-state index contributed by atoms with van der Waals surface area (Å²) in [5.41, 5.74) is 0. The van der Waals surface area contributed by atoms with E-state index in [2.05, 4.69) is 43.5 Å². The maximum absolute atomic E-state index is 12.6. The Morgan fingerprint density at radius 2 is 0.588 bits per heavy atom. The Morgan fingerprint density at radius 3 is 0.894 bits per heavy atom. The average Bonchev–Trinajstić information content (AvgIpc) is 3.53. The van der Waals surface area contributed by atoms with Crippen LogP contribution in [0.1, 0.15) is 444 Å². The molecule has 0 spiro atoms. The standard InChI is InChI=1S/C79H153NO5/c1-3-5-7-9-11-13-15-17-18-19-20-21-35-38-41-44-48-51-55-59-63-67-71-77(82)76(75-81)80-78(83)72-68-64-60-56-52-49-45-42-39-36-33-31-29-27-25-23-22-24-26-28-30-32-34-37-40-43-46-50-54-58-62-66-70-74-85-79(84)73-69-65-61-57-53-47-16-14-12-10-8-6-4-2/h26,28,32,34,76-77,81-82H,3-25,27,29-31,33,35-75H2,1-2H3,(H,80,83)/b28-26-,34-32-. The van der Waals surface area contributed by atoms with E-state index in [-0.39, 0.29) is 18.5 Å². The molecule has 2 atom stereocenters. The number of esters is 1. The van der Waals surface area contributed by atoms with Gasteiger partial charge in [0.1, 0.15) is 0 Å². The number of nitrogens with one attached hydrogen (secondary N) is 1. The smallest absolute Gasteiger partial charge is 0.305 e. The summed E-state index contributed by atoms with van der Waals surface area (Å²) in [6, 6.07) is -0.541. The lowest BCUT2D eigenvalue weighted by atomic mass is 10.0. The number of hydrogen-bond acceptors (Lipinski definition) is 5. The van der Waals surface area contributed by atoms with Crippen LogP contribution in [0.2, 0.25) is 0 Å². The van der Waals surface area contributed by atoms with Gasteiger partial charge in [0.05, 0.1) is 25.4 Å². The van der Waals surface area contributed by atoms with Crippen molar-refractivity contribution in [2.24, 2.45) is 0 Å². The molecule has 0 saturated carbocycles. The van der Waals surface area contributed by atoms with Crippen LogP contribution in [0.15, 0.2) is 24.3 Å². The van der Waals surface area contributed by atoms with E-state index in [1.165, 1.54) is 366 Å². The highest BCUT2D eigenvalue weighted by Crippen LogP contribution is 2.20. The van der Waals surface area contributed by atoms with Crippen molar-refractivity contribution in [2.75, 3.05) is 13.2 Å². The number of unbranched alkanes of at least 4 members (excludes halogenated alkanes) is 59. The second-order valence-electron chi connectivity index (χ2n) is 27.0. The Labute approximate surface area is 532 Å². The molecule has 6 heteroatoms. The normalized spacial score (nSPS) is 12.6. The van der Waals surface area contributed by atoms with Gasteiger partial charge in [-0.25, -0.2) is 0 Å². The fourth-order valence-electron chi connectivity index (χ4n) is 12.6. The summed E-state index contributed by atoms with van der Waals surface area (Å²) in [5, 5.41) is 23.5. The highest BCUT2D eigenvalue weighted by Gasteiger charge is 2.20. The number of rotatable bonds is 74. The summed E-state index contributed by atoms with van der Waals surface area (Å²) in [6.45, 7) is 5.00. The molecule has 0 aliphatic carbocycles. The van der Waals surface area contributed by atoms with Gasteiger partial charge in [-0.1, -0.05) is 398 Å². The minimum atomic E-state index is -0.664. The van der Waals surface area contributed by atoms with Crippen LogP contribution in [0.5, 0.6) is 0 Å². The predicted octanol–water partition coefficient (Wildman–Crippen LogP) is 25.7. The summed E-state index contributed by atoms with van der Waals surface area (Å²) in [5.74, 6) is -0.0110. The van der Waals surface area contributed by atoms with Gasteiger partial charge >= 0.3 is 5.97 Å². The molecule has 85 heavy (non-hydrogen) atoms. The first-order valence-corrected chi connectivity index (χ1v) is 39.1. The molecule has 0 rings (SSSR count). The first-order chi connectivity index (χ1) is 42.0. The first kappa shape index (κ1) is 83.3. The van der Waals surface area contributed by atoms with Crippen molar-refractivity contribution < 1.29 is 24.5 Å². The number of allylic oxidation sites excluding steroid dienone is 4. The number of aliphatic hydroxyl groups is 2. The lowest BCUT2D eigenvalue weighted by molar-refractivity contribution is -0.143. The Kier molecular flexibility index (Phi) is 73.3. The zero-order valence-corrected chi connectivity index (χ0v) is 57.9. The van der Waals surface area contributed by atoms with Crippen LogP contribution in [0.25, 0.3) is 0 Å². The Balaban J connectivity index is 3.38. The highest BCUT2D eigenvalue weighted by molar-refractivity contribution is 5.76. The molecular weight excluding hydrogens is 1040 g/mol. The van der Waals surface area contributed by atoms with E-state index in [0.717, 1.165) is 44.9 Å². The van der Waals surface area contributed by atoms with E-state index in [1.54, 1.807) is 0 Å². The van der Waals surface area contributed by atoms with Crippen LogP contribution in [0.4, 0.5) is 0 Å². The molecule has 0 aliphatic heterocycles. The molecule has 0 aromatic rings. The number of hydrogen-bond donors (Lipinski definition) is 3. The second kappa shape index (κ2) is 74.8. The molecule has 0 radical (unpaired) electrons. The summed E-state index contributed by atoms with van der Waals surface area (Å²) < 4.78 is 5.49. The SMILES string of the molecule is CCCCCCCCCCCCCCCCCCCCCCCCC(O)C(CO)NC(=O)CCCCCCCCCCCCCCCCCCC/C=C\C/C=C\CCCCCCCCCCCOC(=O)CCCCCCCCCCCCCCC. The van der Waals surface area contributed by atoms with E-state index >= 15 is 0 Å². The van der Waals surface area contributed by atoms with Gasteiger partial charge in [0.25, 0.3) is 0 Å². The van der Waals surface area contributed by atoms with E-state index in [0.29, 0.717) is 25.9 Å². The molecule has 6 nitrogen and oxygen atoms in total. The van der Waals surface area contributed by atoms with Gasteiger partial charge in [-0.3, -0.25) is 9.59 Å². The summed E-state index contributed by atoms with van der Waals surface area (Å²) in [7, 11) is 0. The van der Waals surface area contributed by atoms with Gasteiger partial charge in [-0.05, 0) is 57.8 Å². The molecule has 0 saturated heterocycles. The Morgan fingerprint density at radius 1 is 0.329 bits per heavy atom. The highest BCUT2D eigenvalue weighted by atomic mass is 16.5. The van der Waals surface area contributed by atoms with Crippen molar-refractivity contribution in [3.8, 4) is 0 Å². The quantitative estimate of drug-likeness (QED) is 0.0320. The number of carbonyl (C=O) groups is 2. The zero-order chi connectivity index (χ0) is 61.3. The third-order valence-electron chi connectivity index (χ3n) is 18.5. The van der Waals surface area contributed by atoms with Crippen molar-refractivity contribution in [1.82, 2.24) is 5.32 Å². The van der Waals surface area contributed by atoms with Gasteiger partial charge in [0.2, 0.25) is 5.91 Å². The topological polar surface area (TPSA) is 95.9 Å². The maximum Gasteiger partial charge on any atom is 0.305 e. The third-order valence-corrected chi connectivity index (χ3v) is 18.5. The monoisotopic (exact) mass is 1200 g/mol. The number of aliphatic hydroxyl groups excluding tert-OH is 2. The van der Waals surface area contributed by atoms with Crippen LogP contribution in [-0.4, -0.2) is 47.4 Å². The predicted molar refractivity (Wildman–Crippen MR) is 375 cm³/mol. The maximum atomic E-state index is 12.6. The van der Waals surface area contributed by atoms with Gasteiger partial charge < -0.3 is 20.3 Å². The van der Waals surface area contributed by atoms with Crippen molar-refractivity contribution in [2.45, 2.75) is 456 Å². The van der Waals surface area contributed by atoms with Crippen LogP contribution >= 0.6 is 0 Å². The van der Waals surface area contributed by atoms with E-state index in [9.17, 15) is 19.8 Å². The number of ether oxygens (including phenoxy) is 1. The molecule has 0 bridgehead atoms. The molecule has 2 unspecified atom stereocenters. The van der Waals surface area contributed by atoms with E-state index in [1.807, 2.05) is 0 Å². The second-order valence-corrected chi connectivity index (χ2v) is 27.0. The molecule has 0 aliphatic rings. The molecule has 3 N–H and O–H groups in total. The van der Waals surface area contributed by atoms with Crippen LogP contribution in [-0.2, 0) is 14.3 Å². The lowest BCUT2D eigenvalue weighted by Crippen LogP contribution is -2.45. The Bertz CT molecular complexity index is 1330. The Hall–Kier alpha value is -1.66. The largest absolute Gasteiger partial charge is 0.466 e. The molecule has 504 valence electrons. The van der Waals surface area contributed by atoms with Crippen LogP contribution < -0.4 is 5.32 Å². The molecule has 0 aromatic heterocycles. The van der Waals surface area contributed by atoms with Crippen LogP contribution in [0, 0.1) is 0 Å². The van der Waals surface area contributed by atoms with E-state index in [4.69, 9.17) is 4.74 Å². The molecular formula is C79H153NO5. The van der Waals surface area contributed by atoms with Crippen LogP contribution in [0.3, 0.4) is 0 Å². The third kappa shape index (κ3) is 71.3. The molecule has 1 amide bonds. The van der Waals surface area contributed by atoms with Crippen molar-refractivity contribution in [3.05, 3.63) is 24.3 Å². The average molecular weight is 1200 g/mol. The van der Waals surface area contributed by atoms with Crippen molar-refractivity contribution >= 4 is 11.9 Å². The number of carbonyl (C=O) groups excluding carboxylic acids is 2. The van der Waals surface area contributed by atoms with Crippen molar-refractivity contribution in [3.63, 3.8) is 0 Å². The van der Waals surface area contributed by atoms with Gasteiger partial charge in [-0.15, -0.1) is 0 Å². The van der Waals surface area contributed by atoms with Gasteiger partial charge in [0.15, 0.2) is 0 Å². The van der Waals surface area contributed by atoms with Crippen molar-refractivity contribution in [1.29, 1.82) is 0 Å². The summed E-state index contributed by atoms with van der Waals surface area (Å²) in [6.07, 6.45) is 95.5. The summed E-state index contributed by atoms with van der Waals surface area (Å²) >= 11 is 0.